The van der Waals surface area contributed by atoms with Crippen molar-refractivity contribution in [2.24, 2.45) is 0 Å². The molecule has 0 spiro atoms. The Kier molecular flexibility index (Phi) is 5.84. The van der Waals surface area contributed by atoms with Crippen LogP contribution in [0.1, 0.15) is 16.1 Å². The molecule has 5 nitrogen and oxygen atoms in total. The third-order valence-corrected chi connectivity index (χ3v) is 3.36. The van der Waals surface area contributed by atoms with Crippen molar-refractivity contribution >= 4 is 34.9 Å². The molecular weight excluding hydrogens is 368 g/mol. The number of carbonyl (C=O) groups is 1. The van der Waals surface area contributed by atoms with E-state index >= 15 is 0 Å². The molecule has 0 aliphatic carbocycles. The molecule has 128 valence electrons. The monoisotopic (exact) mass is 378 g/mol. The normalized spacial score (nSPS) is 11.2. The highest BCUT2D eigenvalue weighted by molar-refractivity contribution is 6.34. The van der Waals surface area contributed by atoms with E-state index < -0.39 is 17.6 Å². The Bertz CT molecular complexity index is 740. The van der Waals surface area contributed by atoms with Gasteiger partial charge in [-0.25, -0.2) is 9.97 Å². The van der Waals surface area contributed by atoms with Crippen LogP contribution in [0.15, 0.2) is 30.5 Å². The minimum Gasteiger partial charge on any atom is -0.368 e. The number of nitrogens with zero attached hydrogens (tertiary/aromatic N) is 2. The number of hydrogen-bond donors (Lipinski definition) is 2. The van der Waals surface area contributed by atoms with Crippen LogP contribution >= 0.6 is 23.2 Å². The second-order valence-electron chi connectivity index (χ2n) is 4.54. The first-order valence-electron chi connectivity index (χ1n) is 6.65. The quantitative estimate of drug-likeness (QED) is 0.615. The lowest BCUT2D eigenvalue weighted by Crippen LogP contribution is -2.30. The first kappa shape index (κ1) is 18.3. The maximum Gasteiger partial charge on any atom is 0.419 e. The van der Waals surface area contributed by atoms with Gasteiger partial charge < -0.3 is 10.6 Å². The van der Waals surface area contributed by atoms with Crippen LogP contribution in [-0.2, 0) is 6.18 Å². The first-order chi connectivity index (χ1) is 11.3. The Morgan fingerprint density at radius 3 is 2.62 bits per heavy atom. The van der Waals surface area contributed by atoms with Gasteiger partial charge in [0.05, 0.1) is 10.6 Å². The molecule has 0 bridgehead atoms. The highest BCUT2D eigenvalue weighted by Gasteiger charge is 2.33. The largest absolute Gasteiger partial charge is 0.419 e. The van der Waals surface area contributed by atoms with Crippen molar-refractivity contribution in [3.05, 3.63) is 51.9 Å². The molecule has 0 atom stereocenters. The molecule has 0 aromatic carbocycles. The van der Waals surface area contributed by atoms with Gasteiger partial charge in [0.1, 0.15) is 16.7 Å². The fourth-order valence-corrected chi connectivity index (χ4v) is 2.13. The van der Waals surface area contributed by atoms with Crippen molar-refractivity contribution in [3.63, 3.8) is 0 Å². The average Bonchev–Trinajstić information content (AvgIpc) is 2.53. The summed E-state index contributed by atoms with van der Waals surface area (Å²) in [6, 6.07) is 4.97. The van der Waals surface area contributed by atoms with Crippen molar-refractivity contribution < 1.29 is 18.0 Å². The van der Waals surface area contributed by atoms with Crippen molar-refractivity contribution in [2.75, 3.05) is 18.4 Å². The zero-order chi connectivity index (χ0) is 17.7. The molecule has 2 rings (SSSR count). The summed E-state index contributed by atoms with van der Waals surface area (Å²) in [5.41, 5.74) is -0.936. The van der Waals surface area contributed by atoms with Gasteiger partial charge in [0.2, 0.25) is 0 Å². The number of hydrogen-bond acceptors (Lipinski definition) is 4. The van der Waals surface area contributed by atoms with Gasteiger partial charge in [0.15, 0.2) is 0 Å². The average molecular weight is 379 g/mol. The molecule has 24 heavy (non-hydrogen) atoms. The third-order valence-electron chi connectivity index (χ3n) is 2.84. The Labute approximate surface area is 145 Å². The highest BCUT2D eigenvalue weighted by Crippen LogP contribution is 2.33. The van der Waals surface area contributed by atoms with Gasteiger partial charge in [-0.3, -0.25) is 4.79 Å². The Hall–Kier alpha value is -2.06. The zero-order valence-electron chi connectivity index (χ0n) is 12.0. The van der Waals surface area contributed by atoms with Gasteiger partial charge in [-0.1, -0.05) is 23.2 Å². The lowest BCUT2D eigenvalue weighted by Gasteiger charge is -2.13. The van der Waals surface area contributed by atoms with Crippen molar-refractivity contribution in [2.45, 2.75) is 6.18 Å². The Morgan fingerprint density at radius 1 is 1.17 bits per heavy atom. The Morgan fingerprint density at radius 2 is 1.92 bits per heavy atom. The van der Waals surface area contributed by atoms with E-state index in [1.54, 1.807) is 0 Å². The predicted molar refractivity (Wildman–Crippen MR) is 84.3 cm³/mol. The number of aromatic nitrogens is 2. The SMILES string of the molecule is O=C(NCCNc1ncccc1C(F)(F)F)c1nc(Cl)ccc1Cl. The molecule has 0 unspecified atom stereocenters. The molecule has 2 N–H and O–H groups in total. The van der Waals surface area contributed by atoms with E-state index in [2.05, 4.69) is 20.6 Å². The van der Waals surface area contributed by atoms with E-state index in [1.807, 2.05) is 0 Å². The number of alkyl halides is 3. The molecule has 0 saturated heterocycles. The van der Waals surface area contributed by atoms with E-state index in [0.717, 1.165) is 6.07 Å². The van der Waals surface area contributed by atoms with Gasteiger partial charge in [0, 0.05) is 19.3 Å². The second kappa shape index (κ2) is 7.67. The molecule has 2 heterocycles. The van der Waals surface area contributed by atoms with Gasteiger partial charge in [-0.05, 0) is 24.3 Å². The summed E-state index contributed by atoms with van der Waals surface area (Å²) in [7, 11) is 0. The number of rotatable bonds is 5. The van der Waals surface area contributed by atoms with E-state index in [0.29, 0.717) is 0 Å². The maximum absolute atomic E-state index is 12.8. The minimum atomic E-state index is -4.52. The van der Waals surface area contributed by atoms with Gasteiger partial charge in [-0.2, -0.15) is 13.2 Å². The predicted octanol–water partition coefficient (Wildman–Crippen LogP) is 3.64. The van der Waals surface area contributed by atoms with Crippen LogP contribution in [0.4, 0.5) is 19.0 Å². The molecule has 2 aromatic heterocycles. The summed E-state index contributed by atoms with van der Waals surface area (Å²) >= 11 is 11.5. The number of pyridine rings is 2. The topological polar surface area (TPSA) is 66.9 Å². The number of amides is 1. The molecule has 2 aromatic rings. The summed E-state index contributed by atoms with van der Waals surface area (Å²) in [5, 5.41) is 5.23. The summed E-state index contributed by atoms with van der Waals surface area (Å²) in [6.45, 7) is 0.0707. The minimum absolute atomic E-state index is 0.0318. The van der Waals surface area contributed by atoms with E-state index in [4.69, 9.17) is 23.2 Å². The van der Waals surface area contributed by atoms with Crippen LogP contribution < -0.4 is 10.6 Å². The molecule has 0 fully saturated rings. The second-order valence-corrected chi connectivity index (χ2v) is 5.34. The van der Waals surface area contributed by atoms with Crippen LogP contribution in [-0.4, -0.2) is 29.0 Å². The highest BCUT2D eigenvalue weighted by atomic mass is 35.5. The summed E-state index contributed by atoms with van der Waals surface area (Å²) in [6.07, 6.45) is -3.27. The van der Waals surface area contributed by atoms with Crippen LogP contribution in [0.3, 0.4) is 0 Å². The van der Waals surface area contributed by atoms with Crippen LogP contribution in [0, 0.1) is 0 Å². The third kappa shape index (κ3) is 4.72. The Balaban J connectivity index is 1.92. The number of carbonyl (C=O) groups excluding carboxylic acids is 1. The van der Waals surface area contributed by atoms with E-state index in [9.17, 15) is 18.0 Å². The summed E-state index contributed by atoms with van der Waals surface area (Å²) in [4.78, 5) is 19.4. The van der Waals surface area contributed by atoms with E-state index in [-0.39, 0.29) is 34.8 Å². The molecule has 0 radical (unpaired) electrons. The molecule has 0 aliphatic rings. The standard InChI is InChI=1S/C14H11Cl2F3N4O/c15-9-3-4-10(16)23-11(9)13(24)22-7-6-21-12-8(14(17,18)19)2-1-5-20-12/h1-5H,6-7H2,(H,20,21)(H,22,24). The van der Waals surface area contributed by atoms with Gasteiger partial charge in [-0.15, -0.1) is 0 Å². The van der Waals surface area contributed by atoms with Crippen LogP contribution in [0.25, 0.3) is 0 Å². The zero-order valence-corrected chi connectivity index (χ0v) is 13.5. The molecule has 1 amide bonds. The number of nitrogens with one attached hydrogen (secondary N) is 2. The molecule has 10 heteroatoms. The molecule has 0 aliphatic heterocycles. The van der Waals surface area contributed by atoms with Gasteiger partial charge >= 0.3 is 6.18 Å². The van der Waals surface area contributed by atoms with Crippen LogP contribution in [0.2, 0.25) is 10.2 Å². The van der Waals surface area contributed by atoms with Crippen LogP contribution in [0.5, 0.6) is 0 Å². The first-order valence-corrected chi connectivity index (χ1v) is 7.41. The smallest absolute Gasteiger partial charge is 0.368 e. The van der Waals surface area contributed by atoms with Crippen molar-refractivity contribution in [1.82, 2.24) is 15.3 Å². The fraction of sp³-hybridized carbons (Fsp3) is 0.214. The van der Waals surface area contributed by atoms with Crippen molar-refractivity contribution in [1.29, 1.82) is 0 Å². The summed E-state index contributed by atoms with van der Waals surface area (Å²) < 4.78 is 38.4. The van der Waals surface area contributed by atoms with Crippen molar-refractivity contribution in [3.8, 4) is 0 Å². The maximum atomic E-state index is 12.8. The fourth-order valence-electron chi connectivity index (χ4n) is 1.79. The lowest BCUT2D eigenvalue weighted by atomic mass is 10.2. The number of anilines is 1. The number of halogens is 5. The van der Waals surface area contributed by atoms with E-state index in [1.165, 1.54) is 24.4 Å². The van der Waals surface area contributed by atoms with Gasteiger partial charge in [0.25, 0.3) is 5.91 Å². The molecule has 0 saturated carbocycles. The lowest BCUT2D eigenvalue weighted by molar-refractivity contribution is -0.137. The summed E-state index contributed by atoms with van der Waals surface area (Å²) in [5.74, 6) is -0.889. The molecular formula is C14H11Cl2F3N4O.